The van der Waals surface area contributed by atoms with E-state index >= 15 is 0 Å². The Labute approximate surface area is 260 Å². The first-order valence-electron chi connectivity index (χ1n) is 15.6. The van der Waals surface area contributed by atoms with Gasteiger partial charge >= 0.3 is 7.12 Å². The monoisotopic (exact) mass is 595 g/mol. The van der Waals surface area contributed by atoms with Crippen molar-refractivity contribution in [2.45, 2.75) is 77.1 Å². The van der Waals surface area contributed by atoms with Crippen LogP contribution in [0.5, 0.6) is 5.75 Å². The molecule has 0 spiro atoms. The fraction of sp³-hybridized carbons (Fsp3) is 0.457. The molecule has 1 aromatic heterocycles. The Kier molecular flexibility index (Phi) is 8.28. The number of pyridine rings is 1. The lowest BCUT2D eigenvalue weighted by Crippen LogP contribution is -2.65. The molecule has 0 radical (unpaired) electrons. The Bertz CT molecular complexity index is 1500. The van der Waals surface area contributed by atoms with Crippen LogP contribution in [0.1, 0.15) is 73.1 Å². The molecular formula is C35H42BN3O5. The standard InChI is InChI=1S/C35H42BN3O5/c1-22-11-13-23(14-12-22)16-31(36-43-30-19-26-18-29(34(26,2)3)35(30,4)44-36)39-32(40)20-28(24-8-6-10-27(17-24)42-5)38-33(41)25-9-7-15-37-21-25/h6-15,17,21,26,28-31H,16,18-20H2,1-5H3,(H,38,41)(H,39,40)/t26-,28?,29-,30+,31-,35-/m0/s1. The first-order valence-corrected chi connectivity index (χ1v) is 15.6. The molecule has 44 heavy (non-hydrogen) atoms. The fourth-order valence-corrected chi connectivity index (χ4v) is 7.56. The third kappa shape index (κ3) is 5.87. The molecule has 1 unspecified atom stereocenters. The van der Waals surface area contributed by atoms with Gasteiger partial charge in [0.25, 0.3) is 5.91 Å². The van der Waals surface area contributed by atoms with Gasteiger partial charge in [-0.25, -0.2) is 0 Å². The number of methoxy groups -OCH3 is 1. The highest BCUT2D eigenvalue weighted by atomic mass is 16.7. The predicted octanol–water partition coefficient (Wildman–Crippen LogP) is 5.25. The van der Waals surface area contributed by atoms with Gasteiger partial charge in [0.15, 0.2) is 0 Å². The number of carbonyl (C=O) groups is 2. The molecule has 2 heterocycles. The highest BCUT2D eigenvalue weighted by molar-refractivity contribution is 6.48. The molecule has 1 saturated heterocycles. The van der Waals surface area contributed by atoms with Gasteiger partial charge in [-0.05, 0) is 85.8 Å². The molecule has 2 bridgehead atoms. The van der Waals surface area contributed by atoms with Crippen molar-refractivity contribution >= 4 is 18.9 Å². The Morgan fingerprint density at radius 3 is 2.57 bits per heavy atom. The van der Waals surface area contributed by atoms with E-state index in [0.717, 1.165) is 24.0 Å². The van der Waals surface area contributed by atoms with Gasteiger partial charge < -0.3 is 24.7 Å². The molecule has 4 fully saturated rings. The van der Waals surface area contributed by atoms with Crippen LogP contribution < -0.4 is 15.4 Å². The zero-order valence-corrected chi connectivity index (χ0v) is 26.2. The summed E-state index contributed by atoms with van der Waals surface area (Å²) < 4.78 is 18.9. The van der Waals surface area contributed by atoms with E-state index in [1.165, 1.54) is 11.8 Å². The van der Waals surface area contributed by atoms with Gasteiger partial charge in [0.1, 0.15) is 5.75 Å². The van der Waals surface area contributed by atoms with Crippen LogP contribution in [0.4, 0.5) is 0 Å². The van der Waals surface area contributed by atoms with Gasteiger partial charge in [0.2, 0.25) is 5.91 Å². The molecule has 230 valence electrons. The number of aryl methyl sites for hydroxylation is 1. The summed E-state index contributed by atoms with van der Waals surface area (Å²) in [6, 6.07) is 18.6. The number of ether oxygens (including phenoxy) is 1. The molecule has 1 aliphatic heterocycles. The van der Waals surface area contributed by atoms with Crippen LogP contribution >= 0.6 is 0 Å². The first kappa shape index (κ1) is 30.3. The second-order valence-corrected chi connectivity index (χ2v) is 13.4. The molecule has 9 heteroatoms. The number of nitrogens with zero attached hydrogens (tertiary/aromatic N) is 1. The number of hydrogen-bond donors (Lipinski definition) is 2. The zero-order valence-electron chi connectivity index (χ0n) is 26.2. The van der Waals surface area contributed by atoms with Crippen LogP contribution in [0, 0.1) is 24.2 Å². The SMILES string of the molecule is COc1cccc(C(CC(=O)N[C@@H](Cc2ccc(C)cc2)B2O[C@@H]3C[C@@H]4C[C@@H](C4(C)C)[C@]3(C)O2)NC(=O)c2cccnc2)c1. The van der Waals surface area contributed by atoms with Crippen molar-refractivity contribution < 1.29 is 23.6 Å². The predicted molar refractivity (Wildman–Crippen MR) is 169 cm³/mol. The number of amides is 2. The summed E-state index contributed by atoms with van der Waals surface area (Å²) in [5.41, 5.74) is 3.28. The maximum absolute atomic E-state index is 13.9. The number of nitrogens with one attached hydrogen (secondary N) is 2. The Hall–Kier alpha value is -3.69. The summed E-state index contributed by atoms with van der Waals surface area (Å²) in [6.07, 6.45) is 5.84. The summed E-state index contributed by atoms with van der Waals surface area (Å²) in [5, 5.41) is 6.30. The van der Waals surface area contributed by atoms with E-state index in [-0.39, 0.29) is 35.4 Å². The van der Waals surface area contributed by atoms with Crippen LogP contribution in [0.3, 0.4) is 0 Å². The molecule has 4 aliphatic rings. The summed E-state index contributed by atoms with van der Waals surface area (Å²) >= 11 is 0. The first-order chi connectivity index (χ1) is 21.1. The van der Waals surface area contributed by atoms with Crippen molar-refractivity contribution in [3.63, 3.8) is 0 Å². The smallest absolute Gasteiger partial charge is 0.482 e. The minimum Gasteiger partial charge on any atom is -0.497 e. The van der Waals surface area contributed by atoms with E-state index in [0.29, 0.717) is 29.6 Å². The minimum absolute atomic E-state index is 0.00463. The Morgan fingerprint density at radius 1 is 1.07 bits per heavy atom. The van der Waals surface area contributed by atoms with Crippen LogP contribution in [0.25, 0.3) is 0 Å². The van der Waals surface area contributed by atoms with Crippen molar-refractivity contribution in [1.29, 1.82) is 0 Å². The minimum atomic E-state index is -0.601. The highest BCUT2D eigenvalue weighted by Crippen LogP contribution is 2.65. The number of carbonyl (C=O) groups excluding carboxylic acids is 2. The van der Waals surface area contributed by atoms with E-state index < -0.39 is 19.1 Å². The quantitative estimate of drug-likeness (QED) is 0.311. The van der Waals surface area contributed by atoms with Gasteiger partial charge in [-0.3, -0.25) is 14.6 Å². The highest BCUT2D eigenvalue weighted by Gasteiger charge is 2.68. The third-order valence-corrected chi connectivity index (χ3v) is 10.3. The lowest BCUT2D eigenvalue weighted by Gasteiger charge is -2.64. The normalized spacial score (nSPS) is 26.1. The van der Waals surface area contributed by atoms with Gasteiger partial charge in [-0.15, -0.1) is 0 Å². The van der Waals surface area contributed by atoms with Crippen molar-refractivity contribution in [3.05, 3.63) is 95.3 Å². The van der Waals surface area contributed by atoms with E-state index in [9.17, 15) is 9.59 Å². The molecule has 7 rings (SSSR count). The van der Waals surface area contributed by atoms with Gasteiger partial charge in [0.05, 0.1) is 42.8 Å². The fourth-order valence-electron chi connectivity index (χ4n) is 7.56. The van der Waals surface area contributed by atoms with E-state index in [1.54, 1.807) is 25.4 Å². The topological polar surface area (TPSA) is 98.8 Å². The van der Waals surface area contributed by atoms with Crippen LogP contribution in [0.15, 0.2) is 73.1 Å². The van der Waals surface area contributed by atoms with Crippen LogP contribution in [-0.2, 0) is 20.5 Å². The Balaban J connectivity index is 1.23. The lowest BCUT2D eigenvalue weighted by molar-refractivity contribution is -0.199. The zero-order chi connectivity index (χ0) is 31.1. The van der Waals surface area contributed by atoms with E-state index in [4.69, 9.17) is 14.0 Å². The van der Waals surface area contributed by atoms with Gasteiger partial charge in [-0.2, -0.15) is 0 Å². The second-order valence-electron chi connectivity index (χ2n) is 13.4. The molecular weight excluding hydrogens is 553 g/mol. The van der Waals surface area contributed by atoms with Crippen LogP contribution in [-0.4, -0.2) is 48.7 Å². The Morgan fingerprint density at radius 2 is 1.86 bits per heavy atom. The molecule has 2 N–H and O–H groups in total. The summed E-state index contributed by atoms with van der Waals surface area (Å²) in [7, 11) is 1.01. The molecule has 3 saturated carbocycles. The average molecular weight is 596 g/mol. The number of aromatic nitrogens is 1. The maximum Gasteiger partial charge on any atom is 0.482 e. The summed E-state index contributed by atoms with van der Waals surface area (Å²) in [4.78, 5) is 31.1. The van der Waals surface area contributed by atoms with Crippen molar-refractivity contribution in [1.82, 2.24) is 15.6 Å². The molecule has 3 aliphatic carbocycles. The van der Waals surface area contributed by atoms with E-state index in [1.807, 2.05) is 24.3 Å². The molecule has 2 amide bonds. The molecule has 3 aromatic rings. The van der Waals surface area contributed by atoms with E-state index in [2.05, 4.69) is 67.6 Å². The molecule has 8 nitrogen and oxygen atoms in total. The third-order valence-electron chi connectivity index (χ3n) is 10.3. The summed E-state index contributed by atoms with van der Waals surface area (Å²) in [6.45, 7) is 8.93. The molecule has 6 atom stereocenters. The number of rotatable bonds is 10. The number of benzene rings is 2. The largest absolute Gasteiger partial charge is 0.497 e. The average Bonchev–Trinajstić information content (AvgIpc) is 3.39. The van der Waals surface area contributed by atoms with Gasteiger partial charge in [0, 0.05) is 12.4 Å². The van der Waals surface area contributed by atoms with Gasteiger partial charge in [-0.1, -0.05) is 55.8 Å². The number of hydrogen-bond acceptors (Lipinski definition) is 6. The van der Waals surface area contributed by atoms with Crippen molar-refractivity contribution in [3.8, 4) is 5.75 Å². The van der Waals surface area contributed by atoms with Crippen molar-refractivity contribution in [2.24, 2.45) is 17.3 Å². The van der Waals surface area contributed by atoms with Crippen LogP contribution in [0.2, 0.25) is 0 Å². The maximum atomic E-state index is 13.9. The molecule has 2 aromatic carbocycles. The second kappa shape index (κ2) is 12.0. The summed E-state index contributed by atoms with van der Waals surface area (Å²) in [5.74, 6) is 0.762. The van der Waals surface area contributed by atoms with Crippen molar-refractivity contribution in [2.75, 3.05) is 7.11 Å². The lowest BCUT2D eigenvalue weighted by atomic mass is 9.43.